The molecule has 3 N–H and O–H groups in total. The number of aryl methyl sites for hydroxylation is 2. The van der Waals surface area contributed by atoms with E-state index in [1.54, 1.807) is 23.2 Å². The van der Waals surface area contributed by atoms with Gasteiger partial charge in [0.25, 0.3) is 0 Å². The van der Waals surface area contributed by atoms with Gasteiger partial charge in [0, 0.05) is 6.54 Å². The molecule has 4 aromatic rings. The number of nitrogen functional groups attached to an aromatic ring is 1. The molecule has 4 heterocycles. The summed E-state index contributed by atoms with van der Waals surface area (Å²) >= 11 is 0. The monoisotopic (exact) mass is 378 g/mol. The van der Waals surface area contributed by atoms with Crippen LogP contribution >= 0.6 is 0 Å². The first kappa shape index (κ1) is 16.4. The molecular weight excluding hydrogens is 360 g/mol. The average Bonchev–Trinajstić information content (AvgIpc) is 3.49. The summed E-state index contributed by atoms with van der Waals surface area (Å²) in [6.07, 6.45) is 5.04. The lowest BCUT2D eigenvalue weighted by Crippen LogP contribution is -2.06. The van der Waals surface area contributed by atoms with Crippen molar-refractivity contribution in [1.29, 1.82) is 0 Å². The minimum Gasteiger partial charge on any atom is -0.461 e. The van der Waals surface area contributed by atoms with E-state index in [-0.39, 0.29) is 6.79 Å². The van der Waals surface area contributed by atoms with Crippen LogP contribution in [-0.2, 0) is 13.0 Å². The Hall–Kier alpha value is -3.75. The second kappa shape index (κ2) is 6.76. The van der Waals surface area contributed by atoms with E-state index >= 15 is 0 Å². The lowest BCUT2D eigenvalue weighted by Gasteiger charge is -2.06. The van der Waals surface area contributed by atoms with E-state index in [0.29, 0.717) is 35.3 Å². The van der Waals surface area contributed by atoms with Crippen molar-refractivity contribution in [3.05, 3.63) is 48.4 Å². The van der Waals surface area contributed by atoms with Gasteiger partial charge in [-0.2, -0.15) is 10.2 Å². The molecule has 9 nitrogen and oxygen atoms in total. The van der Waals surface area contributed by atoms with Gasteiger partial charge < -0.3 is 19.6 Å². The first-order valence-electron chi connectivity index (χ1n) is 8.94. The second-order valence-electron chi connectivity index (χ2n) is 6.44. The summed E-state index contributed by atoms with van der Waals surface area (Å²) in [5.41, 5.74) is 8.14. The van der Waals surface area contributed by atoms with Gasteiger partial charge in [-0.25, -0.2) is 9.67 Å². The summed E-state index contributed by atoms with van der Waals surface area (Å²) in [5.74, 6) is 3.80. The van der Waals surface area contributed by atoms with Gasteiger partial charge in [-0.05, 0) is 42.7 Å². The first-order chi connectivity index (χ1) is 13.8. The maximum absolute atomic E-state index is 6.26. The molecule has 1 aliphatic rings. The molecule has 3 aromatic heterocycles. The number of rotatable bonds is 6. The van der Waals surface area contributed by atoms with Crippen molar-refractivity contribution in [1.82, 2.24) is 25.0 Å². The number of furan rings is 1. The zero-order valence-corrected chi connectivity index (χ0v) is 15.0. The molecular formula is C19H18N6O3. The van der Waals surface area contributed by atoms with E-state index in [0.717, 1.165) is 24.3 Å². The molecule has 1 aliphatic heterocycles. The van der Waals surface area contributed by atoms with Crippen LogP contribution in [0.4, 0.5) is 5.82 Å². The zero-order chi connectivity index (χ0) is 18.9. The quantitative estimate of drug-likeness (QED) is 0.530. The Bertz CT molecular complexity index is 1100. The molecule has 0 unspecified atom stereocenters. The molecule has 9 heteroatoms. The minimum atomic E-state index is 0.286. The van der Waals surface area contributed by atoms with E-state index < -0.39 is 0 Å². The molecule has 0 radical (unpaired) electrons. The van der Waals surface area contributed by atoms with Gasteiger partial charge >= 0.3 is 0 Å². The summed E-state index contributed by atoms with van der Waals surface area (Å²) < 4.78 is 17.9. The van der Waals surface area contributed by atoms with Gasteiger partial charge in [-0.15, -0.1) is 0 Å². The lowest BCUT2D eigenvalue weighted by atomic mass is 10.1. The number of anilines is 1. The molecule has 142 valence electrons. The standard InChI is InChI=1S/C19H18N6O3/c20-17-13(18-22-19(24-23-18)15-4-2-8-26-15)10-21-25(17)7-1-3-12-5-6-14-16(9-12)28-11-27-14/h2,4-6,8-10H,1,3,7,11,20H2,(H,22,23,24). The topological polar surface area (TPSA) is 117 Å². The largest absolute Gasteiger partial charge is 0.461 e. The van der Waals surface area contributed by atoms with Crippen molar-refractivity contribution >= 4 is 5.82 Å². The van der Waals surface area contributed by atoms with Crippen molar-refractivity contribution in [3.8, 4) is 34.5 Å². The fourth-order valence-corrected chi connectivity index (χ4v) is 3.18. The van der Waals surface area contributed by atoms with Crippen LogP contribution in [0.5, 0.6) is 11.5 Å². The third-order valence-electron chi connectivity index (χ3n) is 4.63. The maximum atomic E-state index is 6.26. The molecule has 0 spiro atoms. The van der Waals surface area contributed by atoms with Crippen LogP contribution in [0.15, 0.2) is 47.2 Å². The first-order valence-corrected chi connectivity index (χ1v) is 8.94. The van der Waals surface area contributed by atoms with Gasteiger partial charge in [0.05, 0.1) is 18.0 Å². The van der Waals surface area contributed by atoms with Crippen LogP contribution in [0, 0.1) is 0 Å². The summed E-state index contributed by atoms with van der Waals surface area (Å²) in [5, 5.41) is 11.5. The molecule has 0 bridgehead atoms. The summed E-state index contributed by atoms with van der Waals surface area (Å²) in [7, 11) is 0. The molecule has 1 aromatic carbocycles. The van der Waals surface area contributed by atoms with Crippen LogP contribution in [0.3, 0.4) is 0 Å². The summed E-state index contributed by atoms with van der Waals surface area (Å²) in [4.78, 5) is 4.44. The van der Waals surface area contributed by atoms with Crippen LogP contribution < -0.4 is 15.2 Å². The maximum Gasteiger partial charge on any atom is 0.231 e. The van der Waals surface area contributed by atoms with Crippen molar-refractivity contribution < 1.29 is 13.9 Å². The number of hydrogen-bond donors (Lipinski definition) is 2. The Morgan fingerprint density at radius 2 is 2.11 bits per heavy atom. The zero-order valence-electron chi connectivity index (χ0n) is 15.0. The highest BCUT2D eigenvalue weighted by molar-refractivity contribution is 5.68. The smallest absolute Gasteiger partial charge is 0.231 e. The number of fused-ring (bicyclic) bond motifs is 1. The van der Waals surface area contributed by atoms with E-state index in [4.69, 9.17) is 19.6 Å². The third kappa shape index (κ3) is 2.96. The summed E-state index contributed by atoms with van der Waals surface area (Å²) in [6, 6.07) is 9.62. The number of aromatic amines is 1. The number of nitrogens with one attached hydrogen (secondary N) is 1. The highest BCUT2D eigenvalue weighted by Gasteiger charge is 2.16. The van der Waals surface area contributed by atoms with Gasteiger partial charge in [0.2, 0.25) is 6.79 Å². The van der Waals surface area contributed by atoms with Crippen LogP contribution in [0.25, 0.3) is 23.0 Å². The van der Waals surface area contributed by atoms with Gasteiger partial charge in [-0.3, -0.25) is 5.10 Å². The molecule has 0 amide bonds. The molecule has 28 heavy (non-hydrogen) atoms. The molecule has 0 saturated carbocycles. The Balaban J connectivity index is 1.26. The van der Waals surface area contributed by atoms with Gasteiger partial charge in [0.15, 0.2) is 28.9 Å². The summed E-state index contributed by atoms with van der Waals surface area (Å²) in [6.45, 7) is 0.976. The fraction of sp³-hybridized carbons (Fsp3) is 0.211. The highest BCUT2D eigenvalue weighted by atomic mass is 16.7. The van der Waals surface area contributed by atoms with Crippen LogP contribution in [-0.4, -0.2) is 31.8 Å². The van der Waals surface area contributed by atoms with Gasteiger partial charge in [0.1, 0.15) is 5.82 Å². The van der Waals surface area contributed by atoms with Gasteiger partial charge in [-0.1, -0.05) is 6.07 Å². The number of ether oxygens (including phenoxy) is 2. The van der Waals surface area contributed by atoms with Crippen molar-refractivity contribution in [2.75, 3.05) is 12.5 Å². The van der Waals surface area contributed by atoms with Crippen molar-refractivity contribution in [2.45, 2.75) is 19.4 Å². The number of H-pyrrole nitrogens is 1. The van der Waals surface area contributed by atoms with E-state index in [9.17, 15) is 0 Å². The van der Waals surface area contributed by atoms with E-state index in [1.807, 2.05) is 18.2 Å². The fourth-order valence-electron chi connectivity index (χ4n) is 3.18. The second-order valence-corrected chi connectivity index (χ2v) is 6.44. The Morgan fingerprint density at radius 3 is 3.00 bits per heavy atom. The Morgan fingerprint density at radius 1 is 1.18 bits per heavy atom. The predicted molar refractivity (Wildman–Crippen MR) is 101 cm³/mol. The number of aromatic nitrogens is 5. The number of hydrogen-bond acceptors (Lipinski definition) is 7. The number of benzene rings is 1. The third-order valence-corrected chi connectivity index (χ3v) is 4.63. The minimum absolute atomic E-state index is 0.286. The van der Waals surface area contributed by atoms with Crippen molar-refractivity contribution in [3.63, 3.8) is 0 Å². The number of nitrogens with two attached hydrogens (primary N) is 1. The average molecular weight is 378 g/mol. The number of nitrogens with zero attached hydrogens (tertiary/aromatic N) is 4. The van der Waals surface area contributed by atoms with Crippen molar-refractivity contribution in [2.24, 2.45) is 0 Å². The Labute approximate surface area is 160 Å². The molecule has 0 aliphatic carbocycles. The van der Waals surface area contributed by atoms with E-state index in [1.165, 1.54) is 5.56 Å². The lowest BCUT2D eigenvalue weighted by molar-refractivity contribution is 0.174. The molecule has 0 fully saturated rings. The molecule has 0 atom stereocenters. The van der Waals surface area contributed by atoms with Crippen LogP contribution in [0.1, 0.15) is 12.0 Å². The van der Waals surface area contributed by atoms with E-state index in [2.05, 4.69) is 26.3 Å². The SMILES string of the molecule is Nc1c(-c2n[nH]c(-c3ccco3)n2)cnn1CCCc1ccc2c(c1)OCO2. The Kier molecular flexibility index (Phi) is 3.97. The molecule has 0 saturated heterocycles. The predicted octanol–water partition coefficient (Wildman–Crippen LogP) is 2.87. The highest BCUT2D eigenvalue weighted by Crippen LogP contribution is 2.33. The molecule has 5 rings (SSSR count). The normalized spacial score (nSPS) is 12.6. The van der Waals surface area contributed by atoms with Crippen LogP contribution in [0.2, 0.25) is 0 Å².